The molecule has 0 aliphatic heterocycles. The third-order valence-electron chi connectivity index (χ3n) is 3.72. The number of rotatable bonds is 3. The number of nitrogens with zero attached hydrogens (tertiary/aromatic N) is 2. The summed E-state index contributed by atoms with van der Waals surface area (Å²) in [6.07, 6.45) is 4.14. The fourth-order valence-corrected chi connectivity index (χ4v) is 2.56. The maximum absolute atomic E-state index is 12.0. The predicted molar refractivity (Wildman–Crippen MR) is 80.4 cm³/mol. The number of benzene rings is 1. The van der Waals surface area contributed by atoms with Crippen molar-refractivity contribution in [3.05, 3.63) is 39.4 Å². The van der Waals surface area contributed by atoms with Crippen LogP contribution in [-0.2, 0) is 0 Å². The molecule has 1 fully saturated rings. The monoisotopic (exact) mass is 289 g/mol. The molecule has 0 bridgehead atoms. The highest BCUT2D eigenvalue weighted by atomic mass is 16.6. The van der Waals surface area contributed by atoms with Crippen LogP contribution in [0, 0.1) is 23.0 Å². The summed E-state index contributed by atoms with van der Waals surface area (Å²) in [5, 5.41) is 14.9. The van der Waals surface area contributed by atoms with Crippen LogP contribution < -0.4 is 5.43 Å². The lowest BCUT2D eigenvalue weighted by Crippen LogP contribution is -2.22. The van der Waals surface area contributed by atoms with Crippen LogP contribution in [0.2, 0.25) is 0 Å². The second-order valence-electron chi connectivity index (χ2n) is 5.58. The number of nitro benzene ring substituents is 1. The molecule has 1 N–H and O–H groups in total. The van der Waals surface area contributed by atoms with Gasteiger partial charge in [0.2, 0.25) is 0 Å². The molecular formula is C15H19N3O3. The number of carbonyl (C=O) groups excluding carboxylic acids is 1. The van der Waals surface area contributed by atoms with Crippen LogP contribution in [0.3, 0.4) is 0 Å². The van der Waals surface area contributed by atoms with Crippen molar-refractivity contribution in [2.45, 2.75) is 39.5 Å². The van der Waals surface area contributed by atoms with Crippen molar-refractivity contribution >= 4 is 17.3 Å². The fourth-order valence-electron chi connectivity index (χ4n) is 2.56. The van der Waals surface area contributed by atoms with E-state index < -0.39 is 4.92 Å². The van der Waals surface area contributed by atoms with E-state index in [1.165, 1.54) is 24.6 Å². The Morgan fingerprint density at radius 3 is 2.86 bits per heavy atom. The first kappa shape index (κ1) is 15.2. The summed E-state index contributed by atoms with van der Waals surface area (Å²) in [6.45, 7) is 3.79. The van der Waals surface area contributed by atoms with Crippen LogP contribution in [0.5, 0.6) is 0 Å². The lowest BCUT2D eigenvalue weighted by atomic mass is 9.89. The molecule has 1 amide bonds. The molecule has 0 saturated heterocycles. The van der Waals surface area contributed by atoms with Gasteiger partial charge in [0.1, 0.15) is 0 Å². The van der Waals surface area contributed by atoms with Crippen molar-refractivity contribution in [2.75, 3.05) is 0 Å². The molecule has 0 radical (unpaired) electrons. The third-order valence-corrected chi connectivity index (χ3v) is 3.72. The Morgan fingerprint density at radius 2 is 2.24 bits per heavy atom. The Bertz CT molecular complexity index is 596. The van der Waals surface area contributed by atoms with Crippen molar-refractivity contribution in [2.24, 2.45) is 11.0 Å². The van der Waals surface area contributed by atoms with Gasteiger partial charge in [-0.15, -0.1) is 0 Å². The minimum absolute atomic E-state index is 0.0129. The first-order valence-electron chi connectivity index (χ1n) is 7.08. The molecular weight excluding hydrogens is 270 g/mol. The Balaban J connectivity index is 2.05. The van der Waals surface area contributed by atoms with E-state index in [0.717, 1.165) is 25.0 Å². The minimum atomic E-state index is -0.458. The molecule has 1 aliphatic rings. The summed E-state index contributed by atoms with van der Waals surface area (Å²) in [5.74, 6) is 0.273. The number of carbonyl (C=O) groups is 1. The molecule has 1 aliphatic carbocycles. The second kappa shape index (κ2) is 6.47. The Hall–Kier alpha value is -2.24. The van der Waals surface area contributed by atoms with Crippen LogP contribution in [0.4, 0.5) is 5.69 Å². The quantitative estimate of drug-likeness (QED) is 0.685. The van der Waals surface area contributed by atoms with Gasteiger partial charge >= 0.3 is 0 Å². The minimum Gasteiger partial charge on any atom is -0.267 e. The third kappa shape index (κ3) is 3.87. The number of amides is 1. The van der Waals surface area contributed by atoms with E-state index in [-0.39, 0.29) is 11.6 Å². The molecule has 112 valence electrons. The van der Waals surface area contributed by atoms with Crippen molar-refractivity contribution in [3.63, 3.8) is 0 Å². The summed E-state index contributed by atoms with van der Waals surface area (Å²) in [5.41, 5.74) is 4.42. The normalized spacial score (nSPS) is 20.3. The highest BCUT2D eigenvalue weighted by Gasteiger charge is 2.16. The lowest BCUT2D eigenvalue weighted by molar-refractivity contribution is -0.385. The molecule has 0 heterocycles. The number of aryl methyl sites for hydroxylation is 1. The average Bonchev–Trinajstić information content (AvgIpc) is 2.44. The van der Waals surface area contributed by atoms with E-state index >= 15 is 0 Å². The molecule has 0 aromatic heterocycles. The average molecular weight is 289 g/mol. The molecule has 0 unspecified atom stereocenters. The molecule has 1 atom stereocenters. The highest BCUT2D eigenvalue weighted by Crippen LogP contribution is 2.21. The second-order valence-corrected chi connectivity index (χ2v) is 5.58. The predicted octanol–water partition coefficient (Wildman–Crippen LogP) is 3.20. The van der Waals surface area contributed by atoms with E-state index in [1.807, 2.05) is 0 Å². The van der Waals surface area contributed by atoms with Crippen LogP contribution >= 0.6 is 0 Å². The molecule has 0 spiro atoms. The van der Waals surface area contributed by atoms with Gasteiger partial charge in [0.15, 0.2) is 0 Å². The van der Waals surface area contributed by atoms with Gasteiger partial charge in [-0.05, 0) is 50.7 Å². The fraction of sp³-hybridized carbons (Fsp3) is 0.467. The molecule has 6 heteroatoms. The Morgan fingerprint density at radius 1 is 1.48 bits per heavy atom. The largest absolute Gasteiger partial charge is 0.272 e. The van der Waals surface area contributed by atoms with Crippen molar-refractivity contribution in [3.8, 4) is 0 Å². The molecule has 6 nitrogen and oxygen atoms in total. The smallest absolute Gasteiger partial charge is 0.267 e. The van der Waals surface area contributed by atoms with E-state index in [4.69, 9.17) is 0 Å². The zero-order valence-corrected chi connectivity index (χ0v) is 12.3. The number of hydrazone groups is 1. The zero-order chi connectivity index (χ0) is 15.4. The maximum Gasteiger partial charge on any atom is 0.272 e. The first-order chi connectivity index (χ1) is 9.97. The van der Waals surface area contributed by atoms with Gasteiger partial charge in [0, 0.05) is 22.9 Å². The SMILES string of the molecule is Cc1cc(C(=O)N/N=C2/CCC[C@H](C)C2)ccc1[N+](=O)[O-]. The summed E-state index contributed by atoms with van der Waals surface area (Å²) >= 11 is 0. The van der Waals surface area contributed by atoms with Crippen molar-refractivity contribution in [1.29, 1.82) is 0 Å². The van der Waals surface area contributed by atoms with E-state index in [1.54, 1.807) is 6.92 Å². The van der Waals surface area contributed by atoms with Crippen molar-refractivity contribution < 1.29 is 9.72 Å². The molecule has 1 aromatic rings. The van der Waals surface area contributed by atoms with Gasteiger partial charge in [-0.3, -0.25) is 14.9 Å². The van der Waals surface area contributed by atoms with Gasteiger partial charge in [-0.1, -0.05) is 6.92 Å². The zero-order valence-electron chi connectivity index (χ0n) is 12.3. The molecule has 1 aromatic carbocycles. The molecule has 1 saturated carbocycles. The summed E-state index contributed by atoms with van der Waals surface area (Å²) < 4.78 is 0. The highest BCUT2D eigenvalue weighted by molar-refractivity contribution is 5.96. The van der Waals surface area contributed by atoms with E-state index in [2.05, 4.69) is 17.5 Å². The maximum atomic E-state index is 12.0. The summed E-state index contributed by atoms with van der Waals surface area (Å²) in [6, 6.07) is 4.31. The van der Waals surface area contributed by atoms with Gasteiger partial charge in [0.25, 0.3) is 11.6 Å². The first-order valence-corrected chi connectivity index (χ1v) is 7.08. The van der Waals surface area contributed by atoms with Gasteiger partial charge in [0.05, 0.1) is 4.92 Å². The standard InChI is InChI=1S/C15H19N3O3/c1-10-4-3-5-13(8-10)16-17-15(19)12-6-7-14(18(20)21)11(2)9-12/h6-7,9-10H,3-5,8H2,1-2H3,(H,17,19)/b16-13-/t10-/m0/s1. The number of hydrogen-bond acceptors (Lipinski definition) is 4. The Labute approximate surface area is 123 Å². The summed E-state index contributed by atoms with van der Waals surface area (Å²) in [4.78, 5) is 22.3. The van der Waals surface area contributed by atoms with Crippen LogP contribution in [-0.4, -0.2) is 16.5 Å². The van der Waals surface area contributed by atoms with Gasteiger partial charge in [-0.2, -0.15) is 5.10 Å². The van der Waals surface area contributed by atoms with Gasteiger partial charge in [-0.25, -0.2) is 5.43 Å². The number of hydrogen-bond donors (Lipinski definition) is 1. The van der Waals surface area contributed by atoms with Crippen LogP contribution in [0.1, 0.15) is 48.5 Å². The Kier molecular flexibility index (Phi) is 4.67. The number of nitrogens with one attached hydrogen (secondary N) is 1. The van der Waals surface area contributed by atoms with Crippen molar-refractivity contribution in [1.82, 2.24) is 5.43 Å². The topological polar surface area (TPSA) is 84.6 Å². The lowest BCUT2D eigenvalue weighted by Gasteiger charge is -2.18. The molecule has 2 rings (SSSR count). The van der Waals surface area contributed by atoms with Crippen LogP contribution in [0.15, 0.2) is 23.3 Å². The van der Waals surface area contributed by atoms with Gasteiger partial charge < -0.3 is 0 Å². The molecule has 21 heavy (non-hydrogen) atoms. The van der Waals surface area contributed by atoms with E-state index in [0.29, 0.717) is 17.0 Å². The number of nitro groups is 1. The van der Waals surface area contributed by atoms with Crippen LogP contribution in [0.25, 0.3) is 0 Å². The summed E-state index contributed by atoms with van der Waals surface area (Å²) in [7, 11) is 0. The van der Waals surface area contributed by atoms with E-state index in [9.17, 15) is 14.9 Å².